The van der Waals surface area contributed by atoms with E-state index in [2.05, 4.69) is 4.98 Å². The van der Waals surface area contributed by atoms with Gasteiger partial charge in [-0.15, -0.1) is 0 Å². The smallest absolute Gasteiger partial charge is 0.310 e. The summed E-state index contributed by atoms with van der Waals surface area (Å²) in [5.41, 5.74) is 3.96. The summed E-state index contributed by atoms with van der Waals surface area (Å²) >= 11 is 0. The van der Waals surface area contributed by atoms with Crippen molar-refractivity contribution >= 4 is 22.4 Å². The van der Waals surface area contributed by atoms with Gasteiger partial charge in [-0.05, 0) is 30.7 Å². The number of H-pyrrole nitrogens is 1. The van der Waals surface area contributed by atoms with E-state index < -0.39 is 0 Å². The third-order valence-corrected chi connectivity index (χ3v) is 3.77. The van der Waals surface area contributed by atoms with Crippen LogP contribution in [0.3, 0.4) is 0 Å². The molecule has 0 aliphatic carbocycles. The summed E-state index contributed by atoms with van der Waals surface area (Å²) in [6.07, 6.45) is 2.64. The molecular weight excluding hydrogens is 282 g/mol. The van der Waals surface area contributed by atoms with E-state index in [4.69, 9.17) is 14.2 Å². The maximum absolute atomic E-state index is 11.8. The molecule has 5 nitrogen and oxygen atoms in total. The number of hydrogen-bond acceptors (Lipinski definition) is 4. The Balaban J connectivity index is 2.03. The van der Waals surface area contributed by atoms with Gasteiger partial charge < -0.3 is 19.2 Å². The van der Waals surface area contributed by atoms with Crippen LogP contribution in [0.4, 0.5) is 0 Å². The van der Waals surface area contributed by atoms with Crippen molar-refractivity contribution in [2.75, 3.05) is 20.3 Å². The van der Waals surface area contributed by atoms with Crippen molar-refractivity contribution in [1.82, 2.24) is 4.98 Å². The molecule has 0 atom stereocenters. The van der Waals surface area contributed by atoms with Gasteiger partial charge in [0.1, 0.15) is 5.75 Å². The molecule has 116 valence electrons. The van der Waals surface area contributed by atoms with Gasteiger partial charge >= 0.3 is 5.97 Å². The highest BCUT2D eigenvalue weighted by Gasteiger charge is 2.20. The van der Waals surface area contributed by atoms with Crippen LogP contribution < -0.4 is 4.74 Å². The van der Waals surface area contributed by atoms with Crippen molar-refractivity contribution in [3.8, 4) is 5.75 Å². The summed E-state index contributed by atoms with van der Waals surface area (Å²) in [6, 6.07) is 5.92. The Labute approximate surface area is 128 Å². The van der Waals surface area contributed by atoms with Gasteiger partial charge in [0, 0.05) is 28.6 Å². The molecule has 0 amide bonds. The molecule has 1 N–H and O–H groups in total. The Bertz CT molecular complexity index is 730. The lowest BCUT2D eigenvalue weighted by Crippen LogP contribution is -2.05. The van der Waals surface area contributed by atoms with E-state index in [1.54, 1.807) is 20.3 Å². The molecule has 22 heavy (non-hydrogen) atoms. The Morgan fingerprint density at radius 3 is 3.05 bits per heavy atom. The van der Waals surface area contributed by atoms with Crippen LogP contribution in [0.15, 0.2) is 24.5 Å². The molecule has 0 saturated carbocycles. The Morgan fingerprint density at radius 2 is 2.27 bits per heavy atom. The van der Waals surface area contributed by atoms with Crippen molar-refractivity contribution in [2.24, 2.45) is 0 Å². The molecule has 1 aromatic carbocycles. The third kappa shape index (κ3) is 2.66. The minimum atomic E-state index is -0.249. The number of carbonyl (C=O) groups is 1. The summed E-state index contributed by atoms with van der Waals surface area (Å²) in [4.78, 5) is 15.2. The van der Waals surface area contributed by atoms with E-state index in [0.29, 0.717) is 13.2 Å². The fraction of sp³-hybridized carbons (Fsp3) is 0.353. The van der Waals surface area contributed by atoms with Crippen LogP contribution in [0.2, 0.25) is 0 Å². The Morgan fingerprint density at radius 1 is 1.41 bits per heavy atom. The highest BCUT2D eigenvalue weighted by atomic mass is 16.5. The molecule has 0 unspecified atom stereocenters. The van der Waals surface area contributed by atoms with Crippen LogP contribution in [0, 0.1) is 0 Å². The minimum Gasteiger partial charge on any atom is -0.500 e. The fourth-order valence-corrected chi connectivity index (χ4v) is 2.76. The molecule has 1 aliphatic rings. The maximum Gasteiger partial charge on any atom is 0.310 e. The van der Waals surface area contributed by atoms with Gasteiger partial charge in [0.2, 0.25) is 0 Å². The van der Waals surface area contributed by atoms with Gasteiger partial charge in [0.15, 0.2) is 0 Å². The van der Waals surface area contributed by atoms with Crippen molar-refractivity contribution < 1.29 is 19.0 Å². The highest BCUT2D eigenvalue weighted by molar-refractivity contribution is 5.93. The number of nitrogens with one attached hydrogen (secondary N) is 1. The van der Waals surface area contributed by atoms with Crippen LogP contribution in [0.1, 0.15) is 24.6 Å². The summed E-state index contributed by atoms with van der Waals surface area (Å²) in [7, 11) is 1.65. The first-order chi connectivity index (χ1) is 10.7. The number of carbonyl (C=O) groups excluding carboxylic acids is 1. The first-order valence-electron chi connectivity index (χ1n) is 7.38. The van der Waals surface area contributed by atoms with Gasteiger partial charge in [-0.2, -0.15) is 0 Å². The van der Waals surface area contributed by atoms with Gasteiger partial charge in [0.05, 0.1) is 33.0 Å². The zero-order valence-electron chi connectivity index (χ0n) is 12.8. The van der Waals surface area contributed by atoms with Crippen molar-refractivity contribution in [2.45, 2.75) is 19.8 Å². The molecule has 1 aromatic heterocycles. The van der Waals surface area contributed by atoms with Crippen molar-refractivity contribution in [3.05, 3.63) is 35.7 Å². The number of methoxy groups -OCH3 is 1. The lowest BCUT2D eigenvalue weighted by atomic mass is 10.0. The predicted octanol–water partition coefficient (Wildman–Crippen LogP) is 3.04. The quantitative estimate of drug-likeness (QED) is 0.882. The average Bonchev–Trinajstić information content (AvgIpc) is 2.77. The van der Waals surface area contributed by atoms with Crippen LogP contribution in [0.25, 0.3) is 16.5 Å². The van der Waals surface area contributed by atoms with E-state index >= 15 is 0 Å². The zero-order valence-corrected chi connectivity index (χ0v) is 12.8. The number of ether oxygens (including phenoxy) is 3. The van der Waals surface area contributed by atoms with E-state index in [1.165, 1.54) is 0 Å². The Hall–Kier alpha value is -2.43. The lowest BCUT2D eigenvalue weighted by Gasteiger charge is -2.05. The van der Waals surface area contributed by atoms with Gasteiger partial charge in [-0.3, -0.25) is 4.79 Å². The summed E-state index contributed by atoms with van der Waals surface area (Å²) in [5, 5.41) is 1.11. The predicted molar refractivity (Wildman–Crippen MR) is 83.7 cm³/mol. The van der Waals surface area contributed by atoms with Crippen molar-refractivity contribution in [1.29, 1.82) is 0 Å². The summed E-state index contributed by atoms with van der Waals surface area (Å²) in [5.74, 6) is 0.567. The van der Waals surface area contributed by atoms with Gasteiger partial charge in [-0.25, -0.2) is 0 Å². The molecule has 1 aliphatic heterocycles. The molecule has 0 radical (unpaired) electrons. The van der Waals surface area contributed by atoms with Gasteiger partial charge in [0.25, 0.3) is 0 Å². The number of esters is 1. The van der Waals surface area contributed by atoms with Crippen LogP contribution >= 0.6 is 0 Å². The molecule has 0 fully saturated rings. The van der Waals surface area contributed by atoms with E-state index in [9.17, 15) is 4.79 Å². The van der Waals surface area contributed by atoms with E-state index in [0.717, 1.165) is 39.9 Å². The molecule has 2 heterocycles. The number of aromatic amines is 1. The zero-order chi connectivity index (χ0) is 15.5. The molecule has 0 spiro atoms. The normalized spacial score (nSPS) is 13.8. The minimum absolute atomic E-state index is 0.199. The molecule has 3 rings (SSSR count). The fourth-order valence-electron chi connectivity index (χ4n) is 2.76. The summed E-state index contributed by atoms with van der Waals surface area (Å²) < 4.78 is 15.9. The second-order valence-electron chi connectivity index (χ2n) is 5.14. The standard InChI is InChI=1S/C17H19NO4/c1-3-22-16(19)8-11-10-21-7-6-13-14-9-12(20-2)4-5-15(14)18-17(11)13/h4-5,9-10,18H,3,6-8H2,1-2H3. The van der Waals surface area contributed by atoms with Gasteiger partial charge in [-0.1, -0.05) is 0 Å². The first-order valence-corrected chi connectivity index (χ1v) is 7.38. The Kier molecular flexibility index (Phi) is 4.04. The number of benzene rings is 1. The molecule has 5 heteroatoms. The highest BCUT2D eigenvalue weighted by Crippen LogP contribution is 2.33. The second-order valence-corrected chi connectivity index (χ2v) is 5.14. The monoisotopic (exact) mass is 301 g/mol. The lowest BCUT2D eigenvalue weighted by molar-refractivity contribution is -0.141. The largest absolute Gasteiger partial charge is 0.500 e. The van der Waals surface area contributed by atoms with Crippen LogP contribution in [0.5, 0.6) is 5.75 Å². The molecular formula is C17H19NO4. The second kappa shape index (κ2) is 6.13. The van der Waals surface area contributed by atoms with Crippen LogP contribution in [-0.2, 0) is 20.7 Å². The van der Waals surface area contributed by atoms with Crippen LogP contribution in [-0.4, -0.2) is 31.3 Å². The average molecular weight is 301 g/mol. The molecule has 0 saturated heterocycles. The number of aromatic nitrogens is 1. The third-order valence-electron chi connectivity index (χ3n) is 3.77. The topological polar surface area (TPSA) is 60.5 Å². The summed E-state index contributed by atoms with van der Waals surface area (Å²) in [6.45, 7) is 2.77. The first kappa shape index (κ1) is 14.5. The maximum atomic E-state index is 11.8. The number of hydrogen-bond donors (Lipinski definition) is 1. The number of rotatable bonds is 4. The molecule has 2 aromatic rings. The van der Waals surface area contributed by atoms with Crippen molar-refractivity contribution in [3.63, 3.8) is 0 Å². The number of fused-ring (bicyclic) bond motifs is 3. The van der Waals surface area contributed by atoms with E-state index in [1.807, 2.05) is 18.2 Å². The molecule has 0 bridgehead atoms. The van der Waals surface area contributed by atoms with E-state index in [-0.39, 0.29) is 12.4 Å². The SMILES string of the molecule is CCOC(=O)CC1=COCCc2c1[nH]c1ccc(OC)cc21.